The van der Waals surface area contributed by atoms with E-state index >= 15 is 0 Å². The fourth-order valence-corrected chi connectivity index (χ4v) is 2.52. The Morgan fingerprint density at radius 3 is 2.73 bits per heavy atom. The Morgan fingerprint density at radius 1 is 1.40 bits per heavy atom. The van der Waals surface area contributed by atoms with Crippen LogP contribution >= 0.6 is 31.9 Å². The Kier molecular flexibility index (Phi) is 3.41. The highest BCUT2D eigenvalue weighted by Crippen LogP contribution is 2.47. The Hall–Kier alpha value is -0.0200. The normalized spacial score (nSPS) is 17.5. The van der Waals surface area contributed by atoms with Gasteiger partial charge >= 0.3 is 0 Å². The predicted molar refractivity (Wildman–Crippen MR) is 69.8 cm³/mol. The van der Waals surface area contributed by atoms with E-state index in [1.165, 1.54) is 18.4 Å². The molecule has 0 N–H and O–H groups in total. The third-order valence-corrected chi connectivity index (χ3v) is 4.61. The van der Waals surface area contributed by atoms with Crippen molar-refractivity contribution < 1.29 is 4.74 Å². The highest BCUT2D eigenvalue weighted by atomic mass is 79.9. The number of ether oxygens (including phenoxy) is 1. The number of hydrogen-bond donors (Lipinski definition) is 0. The van der Waals surface area contributed by atoms with Crippen molar-refractivity contribution in [2.45, 2.75) is 19.8 Å². The number of halogens is 2. The van der Waals surface area contributed by atoms with E-state index in [-0.39, 0.29) is 0 Å². The van der Waals surface area contributed by atoms with Crippen molar-refractivity contribution in [1.82, 2.24) is 0 Å². The van der Waals surface area contributed by atoms with Gasteiger partial charge < -0.3 is 4.74 Å². The van der Waals surface area contributed by atoms with E-state index in [1.807, 2.05) is 12.1 Å². The highest BCUT2D eigenvalue weighted by Gasteiger charge is 2.42. The summed E-state index contributed by atoms with van der Waals surface area (Å²) in [4.78, 5) is 0. The van der Waals surface area contributed by atoms with E-state index in [4.69, 9.17) is 4.74 Å². The van der Waals surface area contributed by atoms with Crippen LogP contribution in [0.5, 0.6) is 5.75 Å². The zero-order chi connectivity index (χ0) is 10.9. The third-order valence-electron chi connectivity index (χ3n) is 2.92. The van der Waals surface area contributed by atoms with Crippen LogP contribution in [-0.4, -0.2) is 11.9 Å². The van der Waals surface area contributed by atoms with E-state index in [0.29, 0.717) is 5.41 Å². The largest absolute Gasteiger partial charge is 0.493 e. The van der Waals surface area contributed by atoms with Gasteiger partial charge in [-0.15, -0.1) is 0 Å². The van der Waals surface area contributed by atoms with Crippen molar-refractivity contribution in [2.75, 3.05) is 11.9 Å². The fourth-order valence-electron chi connectivity index (χ4n) is 1.45. The number of benzene rings is 1. The maximum Gasteiger partial charge on any atom is 0.123 e. The van der Waals surface area contributed by atoms with Gasteiger partial charge in [0.05, 0.1) is 6.61 Å². The van der Waals surface area contributed by atoms with Crippen LogP contribution in [0.3, 0.4) is 0 Å². The number of hydrogen-bond acceptors (Lipinski definition) is 1. The Labute approximate surface area is 107 Å². The summed E-state index contributed by atoms with van der Waals surface area (Å²) >= 11 is 7.01. The molecule has 0 aliphatic heterocycles. The highest BCUT2D eigenvalue weighted by molar-refractivity contribution is 9.10. The molecule has 1 nitrogen and oxygen atoms in total. The summed E-state index contributed by atoms with van der Waals surface area (Å²) in [5, 5.41) is 1.05. The zero-order valence-corrected chi connectivity index (χ0v) is 11.9. The van der Waals surface area contributed by atoms with Gasteiger partial charge in [-0.25, -0.2) is 0 Å². The minimum atomic E-state index is 0.411. The molecule has 15 heavy (non-hydrogen) atoms. The van der Waals surface area contributed by atoms with Crippen LogP contribution in [0.1, 0.15) is 18.4 Å². The molecule has 0 spiro atoms. The molecule has 1 aromatic carbocycles. The van der Waals surface area contributed by atoms with Gasteiger partial charge in [-0.1, -0.05) is 37.9 Å². The van der Waals surface area contributed by atoms with Crippen molar-refractivity contribution in [3.05, 3.63) is 28.2 Å². The third kappa shape index (κ3) is 2.76. The first-order chi connectivity index (χ1) is 7.15. The van der Waals surface area contributed by atoms with Crippen molar-refractivity contribution in [3.8, 4) is 5.75 Å². The second-order valence-corrected chi connectivity index (χ2v) is 5.81. The molecule has 0 saturated heterocycles. The molecular weight excluding hydrogens is 320 g/mol. The summed E-state index contributed by atoms with van der Waals surface area (Å²) < 4.78 is 6.95. The first kappa shape index (κ1) is 11.5. The monoisotopic (exact) mass is 332 g/mol. The molecule has 0 unspecified atom stereocenters. The molecule has 82 valence electrons. The zero-order valence-electron chi connectivity index (χ0n) is 8.72. The van der Waals surface area contributed by atoms with E-state index < -0.39 is 0 Å². The van der Waals surface area contributed by atoms with Crippen molar-refractivity contribution in [3.63, 3.8) is 0 Å². The maximum absolute atomic E-state index is 5.88. The molecule has 2 rings (SSSR count). The molecule has 1 aliphatic rings. The summed E-state index contributed by atoms with van der Waals surface area (Å²) in [7, 11) is 0. The van der Waals surface area contributed by atoms with Gasteiger partial charge in [0, 0.05) is 15.2 Å². The molecule has 0 heterocycles. The molecule has 0 bridgehead atoms. The van der Waals surface area contributed by atoms with Gasteiger partial charge in [0.25, 0.3) is 0 Å². The van der Waals surface area contributed by atoms with Crippen LogP contribution in [-0.2, 0) is 0 Å². The van der Waals surface area contributed by atoms with Gasteiger partial charge in [-0.2, -0.15) is 0 Å². The van der Waals surface area contributed by atoms with Crippen molar-refractivity contribution >= 4 is 31.9 Å². The van der Waals surface area contributed by atoms with E-state index in [0.717, 1.165) is 22.2 Å². The van der Waals surface area contributed by atoms with Gasteiger partial charge in [0.15, 0.2) is 0 Å². The van der Waals surface area contributed by atoms with Crippen LogP contribution < -0.4 is 4.74 Å². The molecular formula is C12H14Br2O. The van der Waals surface area contributed by atoms with Gasteiger partial charge in [-0.3, -0.25) is 0 Å². The lowest BCUT2D eigenvalue weighted by molar-refractivity contribution is 0.249. The minimum Gasteiger partial charge on any atom is -0.493 e. The van der Waals surface area contributed by atoms with Crippen LogP contribution in [0, 0.1) is 12.3 Å². The molecule has 0 radical (unpaired) electrons. The van der Waals surface area contributed by atoms with Gasteiger partial charge in [0.2, 0.25) is 0 Å². The lowest BCUT2D eigenvalue weighted by Crippen LogP contribution is -2.14. The fraction of sp³-hybridized carbons (Fsp3) is 0.500. The minimum absolute atomic E-state index is 0.411. The van der Waals surface area contributed by atoms with Crippen LogP contribution in [0.4, 0.5) is 0 Å². The smallest absolute Gasteiger partial charge is 0.123 e. The lowest BCUT2D eigenvalue weighted by Gasteiger charge is -2.14. The second-order valence-electron chi connectivity index (χ2n) is 4.33. The SMILES string of the molecule is Cc1ccc(Br)cc1OCC1(CBr)CC1. The topological polar surface area (TPSA) is 9.23 Å². The number of aryl methyl sites for hydroxylation is 1. The lowest BCUT2D eigenvalue weighted by atomic mass is 10.1. The van der Waals surface area contributed by atoms with Crippen LogP contribution in [0.25, 0.3) is 0 Å². The summed E-state index contributed by atoms with van der Waals surface area (Å²) in [6.07, 6.45) is 2.57. The standard InChI is InChI=1S/C12H14Br2O/c1-9-2-3-10(14)6-11(9)15-8-12(7-13)4-5-12/h2-3,6H,4-5,7-8H2,1H3. The molecule has 0 atom stereocenters. The van der Waals surface area contributed by atoms with Crippen molar-refractivity contribution in [2.24, 2.45) is 5.41 Å². The van der Waals surface area contributed by atoms with Crippen LogP contribution in [0.15, 0.2) is 22.7 Å². The maximum atomic E-state index is 5.88. The number of alkyl halides is 1. The van der Waals surface area contributed by atoms with Crippen LogP contribution in [0.2, 0.25) is 0 Å². The predicted octanol–water partition coefficient (Wildman–Crippen LogP) is 4.31. The molecule has 0 aromatic heterocycles. The van der Waals surface area contributed by atoms with Gasteiger partial charge in [0.1, 0.15) is 5.75 Å². The molecule has 1 fully saturated rings. The average Bonchev–Trinajstić information content (AvgIpc) is 3.00. The second kappa shape index (κ2) is 4.46. The van der Waals surface area contributed by atoms with E-state index in [1.54, 1.807) is 0 Å². The first-order valence-corrected chi connectivity index (χ1v) is 7.02. The first-order valence-electron chi connectivity index (χ1n) is 5.10. The Balaban J connectivity index is 2.01. The molecule has 1 aromatic rings. The summed E-state index contributed by atoms with van der Waals surface area (Å²) in [6.45, 7) is 2.91. The average molecular weight is 334 g/mol. The molecule has 0 amide bonds. The summed E-state index contributed by atoms with van der Waals surface area (Å²) in [6, 6.07) is 6.16. The summed E-state index contributed by atoms with van der Waals surface area (Å²) in [5.41, 5.74) is 1.61. The Bertz CT molecular complexity index is 359. The van der Waals surface area contributed by atoms with E-state index in [9.17, 15) is 0 Å². The molecule has 1 aliphatic carbocycles. The van der Waals surface area contributed by atoms with Crippen molar-refractivity contribution in [1.29, 1.82) is 0 Å². The van der Waals surface area contributed by atoms with Gasteiger partial charge in [-0.05, 0) is 37.5 Å². The van der Waals surface area contributed by atoms with E-state index in [2.05, 4.69) is 44.8 Å². The summed E-state index contributed by atoms with van der Waals surface area (Å²) in [5.74, 6) is 0.997. The number of rotatable bonds is 4. The molecule has 1 saturated carbocycles. The Morgan fingerprint density at radius 2 is 2.13 bits per heavy atom. The quantitative estimate of drug-likeness (QED) is 0.746. The molecule has 3 heteroatoms.